The fraction of sp³-hybridized carbons (Fsp3) is 0.333. The molecule has 118 valence electrons. The Balaban J connectivity index is 1.51. The lowest BCUT2D eigenvalue weighted by Crippen LogP contribution is -2.47. The van der Waals surface area contributed by atoms with Crippen LogP contribution in [0.2, 0.25) is 0 Å². The van der Waals surface area contributed by atoms with Crippen LogP contribution in [0.1, 0.15) is 0 Å². The number of rotatable bonds is 3. The van der Waals surface area contributed by atoms with Crippen molar-refractivity contribution in [2.24, 2.45) is 0 Å². The van der Waals surface area contributed by atoms with Crippen LogP contribution in [0.15, 0.2) is 30.2 Å². The van der Waals surface area contributed by atoms with Crippen LogP contribution in [-0.2, 0) is 0 Å². The number of thiophene rings is 1. The highest BCUT2D eigenvalue weighted by molar-refractivity contribution is 7.17. The third-order valence-electron chi connectivity index (χ3n) is 3.96. The molecular weight excluding hydrogens is 312 g/mol. The molecule has 0 aliphatic carbocycles. The van der Waals surface area contributed by atoms with E-state index in [1.54, 1.807) is 31.1 Å². The first kappa shape index (κ1) is 14.1. The van der Waals surface area contributed by atoms with Crippen LogP contribution < -0.4 is 14.5 Å². The monoisotopic (exact) mass is 328 g/mol. The summed E-state index contributed by atoms with van der Waals surface area (Å²) >= 11 is 1.69. The fourth-order valence-corrected chi connectivity index (χ4v) is 3.62. The van der Waals surface area contributed by atoms with Crippen molar-refractivity contribution in [2.45, 2.75) is 0 Å². The topological polar surface area (TPSA) is 67.3 Å². The number of fused-ring (bicyclic) bond motifs is 1. The first-order valence-corrected chi connectivity index (χ1v) is 8.27. The molecule has 23 heavy (non-hydrogen) atoms. The van der Waals surface area contributed by atoms with E-state index in [9.17, 15) is 0 Å². The van der Waals surface area contributed by atoms with Crippen LogP contribution in [0.5, 0.6) is 5.88 Å². The molecule has 0 amide bonds. The first-order chi connectivity index (χ1) is 11.3. The summed E-state index contributed by atoms with van der Waals surface area (Å²) in [6, 6.07) is 3.91. The predicted molar refractivity (Wildman–Crippen MR) is 90.4 cm³/mol. The average molecular weight is 328 g/mol. The molecule has 1 fully saturated rings. The molecule has 4 heterocycles. The zero-order chi connectivity index (χ0) is 15.6. The number of methoxy groups -OCH3 is 1. The maximum Gasteiger partial charge on any atom is 0.218 e. The van der Waals surface area contributed by atoms with Crippen molar-refractivity contribution in [3.63, 3.8) is 0 Å². The molecule has 1 aliphatic heterocycles. The highest BCUT2D eigenvalue weighted by atomic mass is 32.1. The van der Waals surface area contributed by atoms with Gasteiger partial charge in [-0.15, -0.1) is 11.3 Å². The number of aromatic nitrogens is 4. The van der Waals surface area contributed by atoms with Crippen LogP contribution in [0.25, 0.3) is 10.2 Å². The van der Waals surface area contributed by atoms with Gasteiger partial charge in [0.25, 0.3) is 0 Å². The normalized spacial score (nSPS) is 15.2. The largest absolute Gasteiger partial charge is 0.481 e. The zero-order valence-corrected chi connectivity index (χ0v) is 13.5. The fourth-order valence-electron chi connectivity index (χ4n) is 2.76. The molecule has 0 bridgehead atoms. The third-order valence-corrected chi connectivity index (χ3v) is 4.86. The smallest absolute Gasteiger partial charge is 0.218 e. The molecule has 0 spiro atoms. The summed E-state index contributed by atoms with van der Waals surface area (Å²) in [5, 5.41) is 2.06. The molecule has 0 saturated carbocycles. The van der Waals surface area contributed by atoms with E-state index in [0.29, 0.717) is 5.88 Å². The molecule has 3 aromatic rings. The number of piperazine rings is 1. The van der Waals surface area contributed by atoms with E-state index < -0.39 is 0 Å². The summed E-state index contributed by atoms with van der Waals surface area (Å²) < 4.78 is 6.33. The number of hydrogen-bond acceptors (Lipinski definition) is 8. The van der Waals surface area contributed by atoms with Gasteiger partial charge in [-0.3, -0.25) is 0 Å². The Morgan fingerprint density at radius 3 is 2.61 bits per heavy atom. The van der Waals surface area contributed by atoms with Crippen molar-refractivity contribution in [1.29, 1.82) is 0 Å². The minimum Gasteiger partial charge on any atom is -0.481 e. The Hall–Kier alpha value is -2.48. The van der Waals surface area contributed by atoms with Gasteiger partial charge >= 0.3 is 0 Å². The van der Waals surface area contributed by atoms with E-state index in [4.69, 9.17) is 4.74 Å². The molecule has 1 aliphatic rings. The molecule has 0 radical (unpaired) electrons. The van der Waals surface area contributed by atoms with Gasteiger partial charge in [0.1, 0.15) is 24.3 Å². The number of anilines is 2. The maximum atomic E-state index is 5.17. The van der Waals surface area contributed by atoms with Crippen LogP contribution in [0, 0.1) is 0 Å². The van der Waals surface area contributed by atoms with Gasteiger partial charge in [0.05, 0.1) is 17.3 Å². The molecule has 8 heteroatoms. The van der Waals surface area contributed by atoms with Crippen molar-refractivity contribution in [1.82, 2.24) is 19.9 Å². The van der Waals surface area contributed by atoms with E-state index in [1.807, 2.05) is 12.1 Å². The van der Waals surface area contributed by atoms with E-state index in [2.05, 4.69) is 35.1 Å². The lowest BCUT2D eigenvalue weighted by atomic mass is 10.3. The van der Waals surface area contributed by atoms with Crippen molar-refractivity contribution in [3.8, 4) is 5.88 Å². The number of nitrogens with zero attached hydrogens (tertiary/aromatic N) is 6. The van der Waals surface area contributed by atoms with Gasteiger partial charge in [0, 0.05) is 32.2 Å². The molecule has 0 atom stereocenters. The van der Waals surface area contributed by atoms with Crippen molar-refractivity contribution >= 4 is 33.2 Å². The van der Waals surface area contributed by atoms with Gasteiger partial charge < -0.3 is 14.5 Å². The second-order valence-corrected chi connectivity index (χ2v) is 6.14. The minimum absolute atomic E-state index is 0.591. The van der Waals surface area contributed by atoms with Gasteiger partial charge in [-0.2, -0.15) is 0 Å². The summed E-state index contributed by atoms with van der Waals surface area (Å²) in [6.07, 6.45) is 3.19. The van der Waals surface area contributed by atoms with Crippen LogP contribution >= 0.6 is 11.3 Å². The second kappa shape index (κ2) is 5.96. The molecule has 1 saturated heterocycles. The Kier molecular flexibility index (Phi) is 3.66. The SMILES string of the molecule is COc1cc(N2CCN(c3ncnc4ccsc34)CC2)ncn1. The summed E-state index contributed by atoms with van der Waals surface area (Å²) in [6.45, 7) is 3.57. The molecular formula is C15H16N6OS. The Bertz CT molecular complexity index is 814. The number of ether oxygens (including phenoxy) is 1. The number of hydrogen-bond donors (Lipinski definition) is 0. The van der Waals surface area contributed by atoms with E-state index in [1.165, 1.54) is 0 Å². The van der Waals surface area contributed by atoms with Gasteiger partial charge in [0.2, 0.25) is 5.88 Å². The lowest BCUT2D eigenvalue weighted by molar-refractivity contribution is 0.396. The van der Waals surface area contributed by atoms with Gasteiger partial charge in [-0.1, -0.05) is 0 Å². The van der Waals surface area contributed by atoms with E-state index in [0.717, 1.165) is 48.0 Å². The van der Waals surface area contributed by atoms with Crippen LogP contribution in [0.3, 0.4) is 0 Å². The average Bonchev–Trinajstić information content (AvgIpc) is 3.11. The molecule has 4 rings (SSSR count). The quantitative estimate of drug-likeness (QED) is 0.726. The maximum absolute atomic E-state index is 5.17. The zero-order valence-electron chi connectivity index (χ0n) is 12.7. The first-order valence-electron chi connectivity index (χ1n) is 7.39. The lowest BCUT2D eigenvalue weighted by Gasteiger charge is -2.36. The van der Waals surface area contributed by atoms with Crippen molar-refractivity contribution in [2.75, 3.05) is 43.1 Å². The molecule has 0 N–H and O–H groups in total. The molecule has 3 aromatic heterocycles. The standard InChI is InChI=1S/C15H16N6OS/c1-22-13-8-12(17-10-18-13)20-3-5-21(6-4-20)15-14-11(2-7-23-14)16-9-19-15/h2,7-10H,3-6H2,1H3. The third kappa shape index (κ3) is 2.65. The molecule has 0 unspecified atom stereocenters. The minimum atomic E-state index is 0.591. The van der Waals surface area contributed by atoms with Crippen molar-refractivity contribution < 1.29 is 4.74 Å². The summed E-state index contributed by atoms with van der Waals surface area (Å²) in [5.74, 6) is 2.53. The Morgan fingerprint density at radius 2 is 1.78 bits per heavy atom. The second-order valence-electron chi connectivity index (χ2n) is 5.22. The summed E-state index contributed by atoms with van der Waals surface area (Å²) in [7, 11) is 1.62. The van der Waals surface area contributed by atoms with Crippen molar-refractivity contribution in [3.05, 3.63) is 30.2 Å². The van der Waals surface area contributed by atoms with E-state index in [-0.39, 0.29) is 0 Å². The van der Waals surface area contributed by atoms with Gasteiger partial charge in [0.15, 0.2) is 0 Å². The molecule has 0 aromatic carbocycles. The Morgan fingerprint density at radius 1 is 1.00 bits per heavy atom. The Labute approximate surface area is 137 Å². The van der Waals surface area contributed by atoms with Crippen LogP contribution in [-0.4, -0.2) is 53.2 Å². The summed E-state index contributed by atoms with van der Waals surface area (Å²) in [4.78, 5) is 21.8. The molecule has 7 nitrogen and oxygen atoms in total. The van der Waals surface area contributed by atoms with Crippen LogP contribution in [0.4, 0.5) is 11.6 Å². The summed E-state index contributed by atoms with van der Waals surface area (Å²) in [5.41, 5.74) is 1.02. The van der Waals surface area contributed by atoms with Gasteiger partial charge in [-0.05, 0) is 11.4 Å². The highest BCUT2D eigenvalue weighted by Gasteiger charge is 2.21. The van der Waals surface area contributed by atoms with E-state index >= 15 is 0 Å². The predicted octanol–water partition coefficient (Wildman–Crippen LogP) is 1.82. The van der Waals surface area contributed by atoms with Gasteiger partial charge in [-0.25, -0.2) is 19.9 Å². The highest BCUT2D eigenvalue weighted by Crippen LogP contribution is 2.29.